The number of sulfonamides is 1. The second-order valence-electron chi connectivity index (χ2n) is 7.57. The molecule has 2 atom stereocenters. The number of ether oxygens (including phenoxy) is 1. The fraction of sp³-hybridized carbons (Fsp3) is 0.562. The van der Waals surface area contributed by atoms with Crippen LogP contribution < -0.4 is 5.73 Å². The molecule has 8 nitrogen and oxygen atoms in total. The Labute approximate surface area is 157 Å². The van der Waals surface area contributed by atoms with Gasteiger partial charge in [0.1, 0.15) is 10.5 Å². The number of benzene rings is 1. The van der Waals surface area contributed by atoms with Crippen molar-refractivity contribution >= 4 is 33.4 Å². The summed E-state index contributed by atoms with van der Waals surface area (Å²) in [4.78, 5) is 13.5. The first kappa shape index (κ1) is 19.1. The summed E-state index contributed by atoms with van der Waals surface area (Å²) in [5.74, 6) is -0.552. The largest absolute Gasteiger partial charge is 0.504 e. The molecule has 1 amide bonds. The average molecular weight is 404 g/mol. The molecule has 0 unspecified atom stereocenters. The number of nitrogens with zero attached hydrogens (tertiary/aromatic N) is 2. The maximum absolute atomic E-state index is 13.0. The van der Waals surface area contributed by atoms with E-state index in [1.54, 1.807) is 25.7 Å². The second kappa shape index (κ2) is 6.17. The molecule has 0 aliphatic carbocycles. The van der Waals surface area contributed by atoms with Crippen LogP contribution in [-0.4, -0.2) is 59.6 Å². The summed E-state index contributed by atoms with van der Waals surface area (Å²) in [6, 6.07) is 2.02. The number of fused-ring (bicyclic) bond motifs is 2. The SMILES string of the molecule is CC(C)(C)OC(=O)N1C[C@@H]2C[C@H]1CN2S(=O)(=O)c1c(Cl)ccc(N)c1O. The highest BCUT2D eigenvalue weighted by atomic mass is 35.5. The smallest absolute Gasteiger partial charge is 0.410 e. The number of nitrogen functional groups attached to an aromatic ring is 1. The minimum absolute atomic E-state index is 0.0623. The van der Waals surface area contributed by atoms with E-state index in [2.05, 4.69) is 0 Å². The van der Waals surface area contributed by atoms with Gasteiger partial charge in [-0.15, -0.1) is 0 Å². The molecule has 1 aromatic carbocycles. The van der Waals surface area contributed by atoms with Gasteiger partial charge < -0.3 is 20.5 Å². The molecular formula is C16H22ClN3O5S. The molecule has 2 saturated heterocycles. The Kier molecular flexibility index (Phi) is 4.53. The van der Waals surface area contributed by atoms with Gasteiger partial charge in [-0.3, -0.25) is 0 Å². The molecule has 2 fully saturated rings. The van der Waals surface area contributed by atoms with Crippen LogP contribution in [0.15, 0.2) is 17.0 Å². The van der Waals surface area contributed by atoms with Crippen molar-refractivity contribution in [3.8, 4) is 5.75 Å². The average Bonchev–Trinajstić information content (AvgIpc) is 3.10. The van der Waals surface area contributed by atoms with Crippen molar-refractivity contribution in [2.24, 2.45) is 0 Å². The Morgan fingerprint density at radius 3 is 2.50 bits per heavy atom. The predicted octanol–water partition coefficient (Wildman–Crippen LogP) is 2.01. The summed E-state index contributed by atoms with van der Waals surface area (Å²) in [6.45, 7) is 5.69. The monoisotopic (exact) mass is 403 g/mol. The molecule has 2 heterocycles. The lowest BCUT2D eigenvalue weighted by Crippen LogP contribution is -2.51. The predicted molar refractivity (Wildman–Crippen MR) is 96.6 cm³/mol. The third-order valence-electron chi connectivity index (χ3n) is 4.50. The number of piperazine rings is 1. The summed E-state index contributed by atoms with van der Waals surface area (Å²) >= 11 is 6.01. The highest BCUT2D eigenvalue weighted by Gasteiger charge is 2.51. The normalized spacial score (nSPS) is 23.5. The molecule has 0 radical (unpaired) electrons. The van der Waals surface area contributed by atoms with Crippen LogP contribution in [0.5, 0.6) is 5.75 Å². The fourth-order valence-electron chi connectivity index (χ4n) is 3.39. The van der Waals surface area contributed by atoms with Gasteiger partial charge >= 0.3 is 6.09 Å². The first-order valence-corrected chi connectivity index (χ1v) is 10.0. The molecule has 0 spiro atoms. The van der Waals surface area contributed by atoms with E-state index in [9.17, 15) is 18.3 Å². The number of carbonyl (C=O) groups excluding carboxylic acids is 1. The van der Waals surface area contributed by atoms with Gasteiger partial charge in [0.2, 0.25) is 10.0 Å². The van der Waals surface area contributed by atoms with Gasteiger partial charge in [-0.05, 0) is 39.3 Å². The van der Waals surface area contributed by atoms with Gasteiger partial charge in [0, 0.05) is 19.1 Å². The van der Waals surface area contributed by atoms with Crippen LogP contribution in [0, 0.1) is 0 Å². The zero-order chi connectivity index (χ0) is 19.4. The standard InChI is InChI=1S/C16H22ClN3O5S/c1-16(2,3)25-15(22)19-7-10-6-9(19)8-20(10)26(23,24)14-11(17)4-5-12(18)13(14)21/h4-5,9-10,21H,6-8,18H2,1-3H3/t9-,10-/m0/s1. The number of hydrogen-bond acceptors (Lipinski definition) is 6. The molecule has 2 aliphatic rings. The molecule has 2 aliphatic heterocycles. The van der Waals surface area contributed by atoms with E-state index in [1.165, 1.54) is 16.4 Å². The van der Waals surface area contributed by atoms with Gasteiger partial charge in [-0.2, -0.15) is 4.31 Å². The third-order valence-corrected chi connectivity index (χ3v) is 6.92. The number of aromatic hydroxyl groups is 1. The number of phenolic OH excluding ortho intramolecular Hbond substituents is 1. The molecule has 0 aromatic heterocycles. The number of nitrogens with two attached hydrogens (primary N) is 1. The number of anilines is 1. The summed E-state index contributed by atoms with van der Waals surface area (Å²) in [7, 11) is -4.05. The minimum atomic E-state index is -4.05. The Morgan fingerprint density at radius 2 is 1.96 bits per heavy atom. The van der Waals surface area contributed by atoms with E-state index < -0.39 is 38.4 Å². The molecule has 144 valence electrons. The van der Waals surface area contributed by atoms with Crippen molar-refractivity contribution in [2.45, 2.75) is 49.8 Å². The van der Waals surface area contributed by atoms with Crippen LogP contribution >= 0.6 is 11.6 Å². The second-order valence-corrected chi connectivity index (χ2v) is 9.80. The van der Waals surface area contributed by atoms with Crippen molar-refractivity contribution in [3.05, 3.63) is 17.2 Å². The highest BCUT2D eigenvalue weighted by Crippen LogP contribution is 2.41. The first-order chi connectivity index (χ1) is 11.9. The number of phenols is 1. The Morgan fingerprint density at radius 1 is 1.31 bits per heavy atom. The quantitative estimate of drug-likeness (QED) is 0.576. The van der Waals surface area contributed by atoms with Crippen molar-refractivity contribution in [3.63, 3.8) is 0 Å². The van der Waals surface area contributed by atoms with Gasteiger partial charge in [0.15, 0.2) is 5.75 Å². The van der Waals surface area contributed by atoms with Crippen LogP contribution in [0.2, 0.25) is 5.02 Å². The summed E-state index contributed by atoms with van der Waals surface area (Å²) in [6.07, 6.45) is 0.0611. The number of halogens is 1. The number of amides is 1. The summed E-state index contributed by atoms with van der Waals surface area (Å²) in [5.41, 5.74) is 4.94. The van der Waals surface area contributed by atoms with Gasteiger partial charge in [-0.25, -0.2) is 13.2 Å². The number of hydrogen-bond donors (Lipinski definition) is 2. The zero-order valence-electron chi connectivity index (χ0n) is 14.8. The van der Waals surface area contributed by atoms with E-state index in [4.69, 9.17) is 22.1 Å². The van der Waals surface area contributed by atoms with Crippen molar-refractivity contribution < 1.29 is 23.1 Å². The molecule has 0 saturated carbocycles. The van der Waals surface area contributed by atoms with Gasteiger partial charge in [-0.1, -0.05) is 11.6 Å². The summed E-state index contributed by atoms with van der Waals surface area (Å²) in [5, 5.41) is 10.0. The van der Waals surface area contributed by atoms with E-state index in [0.29, 0.717) is 6.42 Å². The summed E-state index contributed by atoms with van der Waals surface area (Å²) < 4.78 is 32.7. The fourth-order valence-corrected chi connectivity index (χ4v) is 5.66. The molecule has 26 heavy (non-hydrogen) atoms. The van der Waals surface area contributed by atoms with E-state index >= 15 is 0 Å². The molecule has 3 rings (SSSR count). The van der Waals surface area contributed by atoms with Crippen molar-refractivity contribution in [1.29, 1.82) is 0 Å². The van der Waals surface area contributed by atoms with Gasteiger partial charge in [0.05, 0.1) is 16.8 Å². The maximum atomic E-state index is 13.0. The van der Waals surface area contributed by atoms with E-state index in [-0.39, 0.29) is 29.8 Å². The number of rotatable bonds is 2. The lowest BCUT2D eigenvalue weighted by Gasteiger charge is -2.34. The lowest BCUT2D eigenvalue weighted by atomic mass is 10.2. The topological polar surface area (TPSA) is 113 Å². The number of likely N-dealkylation sites (tertiary alicyclic amines) is 1. The minimum Gasteiger partial charge on any atom is -0.504 e. The van der Waals surface area contributed by atoms with Crippen molar-refractivity contribution in [1.82, 2.24) is 9.21 Å². The van der Waals surface area contributed by atoms with E-state index in [0.717, 1.165) is 0 Å². The maximum Gasteiger partial charge on any atom is 0.410 e. The van der Waals surface area contributed by atoms with E-state index in [1.807, 2.05) is 0 Å². The third kappa shape index (κ3) is 3.19. The Bertz CT molecular complexity index is 852. The highest BCUT2D eigenvalue weighted by molar-refractivity contribution is 7.89. The molecule has 1 aromatic rings. The number of carbonyl (C=O) groups is 1. The Hall–Kier alpha value is -1.71. The zero-order valence-corrected chi connectivity index (χ0v) is 16.3. The lowest BCUT2D eigenvalue weighted by molar-refractivity contribution is 0.0172. The molecule has 2 bridgehead atoms. The van der Waals surface area contributed by atoms with Crippen LogP contribution in [0.4, 0.5) is 10.5 Å². The molecule has 3 N–H and O–H groups in total. The Balaban J connectivity index is 1.83. The first-order valence-electron chi connectivity index (χ1n) is 8.20. The van der Waals surface area contributed by atoms with Crippen LogP contribution in [0.3, 0.4) is 0 Å². The van der Waals surface area contributed by atoms with Crippen molar-refractivity contribution in [2.75, 3.05) is 18.8 Å². The van der Waals surface area contributed by atoms with Gasteiger partial charge in [0.25, 0.3) is 0 Å². The van der Waals surface area contributed by atoms with Crippen LogP contribution in [0.1, 0.15) is 27.2 Å². The van der Waals surface area contributed by atoms with Crippen LogP contribution in [0.25, 0.3) is 0 Å². The van der Waals surface area contributed by atoms with Crippen LogP contribution in [-0.2, 0) is 14.8 Å². The molecular weight excluding hydrogens is 382 g/mol. The molecule has 10 heteroatoms.